The molecular weight excluding hydrogens is 522 g/mol. The van der Waals surface area contributed by atoms with Crippen molar-refractivity contribution in [3.05, 3.63) is 108 Å². The fourth-order valence-electron chi connectivity index (χ4n) is 4.64. The molecule has 1 N–H and O–H groups in total. The minimum absolute atomic E-state index is 0.235. The highest BCUT2D eigenvalue weighted by Crippen LogP contribution is 2.29. The van der Waals surface area contributed by atoms with Crippen molar-refractivity contribution < 1.29 is 33.2 Å². The lowest BCUT2D eigenvalue weighted by atomic mass is 9.96. The topological polar surface area (TPSA) is 84.5 Å². The van der Waals surface area contributed by atoms with Crippen molar-refractivity contribution in [3.63, 3.8) is 0 Å². The van der Waals surface area contributed by atoms with Crippen molar-refractivity contribution in [1.29, 1.82) is 0 Å². The summed E-state index contributed by atoms with van der Waals surface area (Å²) in [6, 6.07) is 29.0. The molecule has 1 fully saturated rings. The minimum atomic E-state index is -0.829. The number of benzene rings is 3. The molecule has 0 unspecified atom stereocenters. The molecule has 1 heterocycles. The van der Waals surface area contributed by atoms with Gasteiger partial charge in [-0.15, -0.1) is 0 Å². The number of carbonyl (C=O) groups excluding carboxylic acids is 1. The first kappa shape index (κ1) is 30.7. The zero-order chi connectivity index (χ0) is 29.1. The summed E-state index contributed by atoms with van der Waals surface area (Å²) >= 11 is 0. The molecule has 8 nitrogen and oxygen atoms in total. The Morgan fingerprint density at radius 3 is 1.73 bits per heavy atom. The van der Waals surface area contributed by atoms with Crippen LogP contribution in [0, 0.1) is 0 Å². The van der Waals surface area contributed by atoms with Crippen molar-refractivity contribution in [1.82, 2.24) is 5.32 Å². The van der Waals surface area contributed by atoms with Gasteiger partial charge >= 0.3 is 6.09 Å². The minimum Gasteiger partial charge on any atom is -0.444 e. The summed E-state index contributed by atoms with van der Waals surface area (Å²) in [5, 5.41) is 2.94. The fraction of sp³-hybridized carbons (Fsp3) is 0.424. The predicted molar refractivity (Wildman–Crippen MR) is 155 cm³/mol. The van der Waals surface area contributed by atoms with E-state index in [9.17, 15) is 4.79 Å². The third kappa shape index (κ3) is 9.66. The average molecular weight is 564 g/mol. The van der Waals surface area contributed by atoms with E-state index in [0.29, 0.717) is 19.8 Å². The number of methoxy groups -OCH3 is 1. The summed E-state index contributed by atoms with van der Waals surface area (Å²) < 4.78 is 36.8. The molecule has 0 aliphatic carbocycles. The molecule has 8 heteroatoms. The maximum absolute atomic E-state index is 12.9. The van der Waals surface area contributed by atoms with Crippen molar-refractivity contribution in [3.8, 4) is 0 Å². The van der Waals surface area contributed by atoms with Gasteiger partial charge in [0.1, 0.15) is 30.0 Å². The number of rotatable bonds is 12. The number of amides is 1. The fourth-order valence-corrected chi connectivity index (χ4v) is 4.64. The van der Waals surface area contributed by atoms with E-state index in [-0.39, 0.29) is 6.61 Å². The van der Waals surface area contributed by atoms with Gasteiger partial charge in [0.2, 0.25) is 0 Å². The monoisotopic (exact) mass is 563 g/mol. The van der Waals surface area contributed by atoms with Crippen LogP contribution in [0.25, 0.3) is 0 Å². The molecule has 0 radical (unpaired) electrons. The molecule has 0 aromatic heterocycles. The van der Waals surface area contributed by atoms with Gasteiger partial charge in [0.05, 0.1) is 26.4 Å². The Kier molecular flexibility index (Phi) is 11.3. The molecule has 3 aromatic carbocycles. The van der Waals surface area contributed by atoms with Gasteiger partial charge < -0.3 is 33.7 Å². The van der Waals surface area contributed by atoms with E-state index in [2.05, 4.69) is 5.32 Å². The van der Waals surface area contributed by atoms with E-state index in [1.807, 2.05) is 112 Å². The number of ether oxygens (including phenoxy) is 6. The van der Waals surface area contributed by atoms with Crippen LogP contribution in [0.2, 0.25) is 0 Å². The van der Waals surface area contributed by atoms with Crippen LogP contribution in [0.3, 0.4) is 0 Å². The third-order valence-electron chi connectivity index (χ3n) is 6.53. The smallest absolute Gasteiger partial charge is 0.408 e. The standard InChI is InChI=1S/C33H41NO7/c1-33(2,3)41-32(35)34-28-30(39-22-26-18-12-7-13-19-26)29(38-21-25-16-10-6-11-17-25)27(40-31(28)36-4)23-37-20-24-14-8-5-9-15-24/h5-19,27-31H,20-23H2,1-4H3,(H,34,35)/t27-,28-,29-,30-,31-/m1/s1. The van der Waals surface area contributed by atoms with Gasteiger partial charge in [0.25, 0.3) is 0 Å². The summed E-state index contributed by atoms with van der Waals surface area (Å²) in [7, 11) is 1.54. The quantitative estimate of drug-likeness (QED) is 0.305. The number of carbonyl (C=O) groups is 1. The van der Waals surface area contributed by atoms with Crippen LogP contribution in [-0.2, 0) is 48.2 Å². The molecule has 41 heavy (non-hydrogen) atoms. The van der Waals surface area contributed by atoms with Gasteiger partial charge in [-0.05, 0) is 37.5 Å². The van der Waals surface area contributed by atoms with Crippen molar-refractivity contribution in [2.24, 2.45) is 0 Å². The van der Waals surface area contributed by atoms with E-state index >= 15 is 0 Å². The van der Waals surface area contributed by atoms with Gasteiger partial charge in [-0.3, -0.25) is 0 Å². The van der Waals surface area contributed by atoms with Gasteiger partial charge in [-0.2, -0.15) is 0 Å². The zero-order valence-corrected chi connectivity index (χ0v) is 24.2. The Bertz CT molecular complexity index is 1170. The molecule has 4 rings (SSSR count). The summed E-state index contributed by atoms with van der Waals surface area (Å²) in [4.78, 5) is 12.9. The van der Waals surface area contributed by atoms with E-state index in [1.54, 1.807) is 0 Å². The first-order valence-corrected chi connectivity index (χ1v) is 13.9. The van der Waals surface area contributed by atoms with E-state index in [1.165, 1.54) is 7.11 Å². The molecule has 3 aromatic rings. The lowest BCUT2D eigenvalue weighted by Gasteiger charge is -2.46. The molecule has 220 valence electrons. The number of alkyl carbamates (subject to hydrolysis) is 1. The molecule has 0 saturated carbocycles. The Morgan fingerprint density at radius 2 is 1.24 bits per heavy atom. The third-order valence-corrected chi connectivity index (χ3v) is 6.53. The first-order chi connectivity index (χ1) is 19.8. The second-order valence-corrected chi connectivity index (χ2v) is 11.0. The van der Waals surface area contributed by atoms with Crippen LogP contribution >= 0.6 is 0 Å². The predicted octanol–water partition coefficient (Wildman–Crippen LogP) is 5.64. The summed E-state index contributed by atoms with van der Waals surface area (Å²) in [6.45, 7) is 6.72. The van der Waals surface area contributed by atoms with Crippen molar-refractivity contribution in [2.75, 3.05) is 13.7 Å². The van der Waals surface area contributed by atoms with Gasteiger partial charge in [-0.1, -0.05) is 91.0 Å². The second-order valence-electron chi connectivity index (χ2n) is 11.0. The van der Waals surface area contributed by atoms with Crippen LogP contribution < -0.4 is 5.32 Å². The van der Waals surface area contributed by atoms with Crippen LogP contribution in [-0.4, -0.2) is 56.1 Å². The molecule has 0 spiro atoms. The summed E-state index contributed by atoms with van der Waals surface area (Å²) in [5.74, 6) is 0. The van der Waals surface area contributed by atoms with E-state index < -0.39 is 42.3 Å². The first-order valence-electron chi connectivity index (χ1n) is 13.9. The summed E-state index contributed by atoms with van der Waals surface area (Å²) in [6.07, 6.45) is -3.20. The van der Waals surface area contributed by atoms with Crippen LogP contribution in [0.5, 0.6) is 0 Å². The molecule has 5 atom stereocenters. The van der Waals surface area contributed by atoms with Crippen molar-refractivity contribution in [2.45, 2.75) is 76.8 Å². The van der Waals surface area contributed by atoms with Crippen molar-refractivity contribution >= 4 is 6.09 Å². The Morgan fingerprint density at radius 1 is 0.756 bits per heavy atom. The number of hydrogen-bond acceptors (Lipinski definition) is 7. The highest BCUT2D eigenvalue weighted by atomic mass is 16.7. The molecule has 1 amide bonds. The second kappa shape index (κ2) is 15.1. The largest absolute Gasteiger partial charge is 0.444 e. The molecule has 0 bridgehead atoms. The molecule has 1 aliphatic heterocycles. The molecular formula is C33H41NO7. The van der Waals surface area contributed by atoms with Gasteiger partial charge in [0, 0.05) is 7.11 Å². The van der Waals surface area contributed by atoms with Gasteiger partial charge in [-0.25, -0.2) is 4.79 Å². The average Bonchev–Trinajstić information content (AvgIpc) is 2.96. The van der Waals surface area contributed by atoms with Crippen LogP contribution in [0.4, 0.5) is 4.79 Å². The molecule has 1 aliphatic rings. The SMILES string of the molecule is CO[C@@H]1O[C@H](COCc2ccccc2)[C@@H](OCc2ccccc2)[C@H](OCc2ccccc2)[C@H]1NC(=O)OC(C)(C)C. The Hall–Kier alpha value is -3.27. The zero-order valence-electron chi connectivity index (χ0n) is 24.2. The maximum Gasteiger partial charge on any atom is 0.408 e. The maximum atomic E-state index is 12.9. The van der Waals surface area contributed by atoms with Crippen LogP contribution in [0.1, 0.15) is 37.5 Å². The lowest BCUT2D eigenvalue weighted by molar-refractivity contribution is -0.284. The normalized spacial score (nSPS) is 22.7. The summed E-state index contributed by atoms with van der Waals surface area (Å²) in [5.41, 5.74) is 2.36. The highest BCUT2D eigenvalue weighted by Gasteiger charge is 2.49. The Balaban J connectivity index is 1.59. The number of nitrogens with one attached hydrogen (secondary N) is 1. The van der Waals surface area contributed by atoms with Gasteiger partial charge in [0.15, 0.2) is 6.29 Å². The van der Waals surface area contributed by atoms with E-state index in [0.717, 1.165) is 16.7 Å². The lowest BCUT2D eigenvalue weighted by Crippen LogP contribution is -2.66. The van der Waals surface area contributed by atoms with Crippen LogP contribution in [0.15, 0.2) is 91.0 Å². The molecule has 1 saturated heterocycles. The number of hydrogen-bond donors (Lipinski definition) is 1. The highest BCUT2D eigenvalue weighted by molar-refractivity contribution is 5.68. The van der Waals surface area contributed by atoms with E-state index in [4.69, 9.17) is 28.4 Å². The Labute approximate surface area is 242 Å².